The van der Waals surface area contributed by atoms with Crippen LogP contribution in [0.2, 0.25) is 0 Å². The maximum Gasteiger partial charge on any atom is 0.416 e. The molecule has 41 heavy (non-hydrogen) atoms. The van der Waals surface area contributed by atoms with Crippen LogP contribution in [0.1, 0.15) is 76.7 Å². The number of nitrogens with zero attached hydrogens (tertiary/aromatic N) is 1. The average molecular weight is 565 g/mol. The third-order valence-corrected chi connectivity index (χ3v) is 7.56. The van der Waals surface area contributed by atoms with Crippen molar-refractivity contribution in [3.8, 4) is 5.75 Å². The number of carbonyl (C=O) groups is 1. The first-order valence-electron chi connectivity index (χ1n) is 14.4. The Bertz CT molecular complexity index is 1290. The van der Waals surface area contributed by atoms with Gasteiger partial charge in [0.1, 0.15) is 5.75 Å². The Morgan fingerprint density at radius 3 is 2.20 bits per heavy atom. The lowest BCUT2D eigenvalue weighted by molar-refractivity contribution is -0.137. The van der Waals surface area contributed by atoms with E-state index < -0.39 is 11.7 Å². The zero-order valence-electron chi connectivity index (χ0n) is 23.8. The number of halogens is 3. The zero-order valence-corrected chi connectivity index (χ0v) is 23.8. The summed E-state index contributed by atoms with van der Waals surface area (Å²) in [5.41, 5.74) is 4.02. The van der Waals surface area contributed by atoms with Crippen molar-refractivity contribution in [2.24, 2.45) is 0 Å². The SMILES string of the molecule is CCOc1cc(C)ccc1C1CCN(CCCCNC(=O)c2ccc(C=Cc3ccc(C(F)(F)F)cc3)cc2)CC1. The second kappa shape index (κ2) is 14.4. The zero-order chi connectivity index (χ0) is 29.2. The summed E-state index contributed by atoms with van der Waals surface area (Å²) >= 11 is 0. The van der Waals surface area contributed by atoms with Gasteiger partial charge in [0, 0.05) is 12.1 Å². The molecule has 0 unspecified atom stereocenters. The summed E-state index contributed by atoms with van der Waals surface area (Å²) in [6.45, 7) is 8.64. The number of unbranched alkanes of at least 4 members (excludes halogenated alkanes) is 1. The molecule has 1 heterocycles. The van der Waals surface area contributed by atoms with Crippen molar-refractivity contribution >= 4 is 18.1 Å². The van der Waals surface area contributed by atoms with Gasteiger partial charge in [-0.05, 0) is 118 Å². The number of hydrogen-bond donors (Lipinski definition) is 1. The van der Waals surface area contributed by atoms with Crippen molar-refractivity contribution in [2.45, 2.75) is 51.6 Å². The lowest BCUT2D eigenvalue weighted by Gasteiger charge is -2.33. The van der Waals surface area contributed by atoms with Gasteiger partial charge < -0.3 is 15.0 Å². The highest BCUT2D eigenvalue weighted by molar-refractivity contribution is 5.94. The van der Waals surface area contributed by atoms with E-state index in [1.807, 2.05) is 25.1 Å². The highest BCUT2D eigenvalue weighted by atomic mass is 19.4. The molecule has 4 rings (SSSR count). The fraction of sp³-hybridized carbons (Fsp3) is 0.382. The summed E-state index contributed by atoms with van der Waals surface area (Å²) in [5, 5.41) is 3.00. The number of rotatable bonds is 11. The first-order chi connectivity index (χ1) is 19.7. The number of likely N-dealkylation sites (tertiary alicyclic amines) is 1. The van der Waals surface area contributed by atoms with E-state index in [-0.39, 0.29) is 5.91 Å². The van der Waals surface area contributed by atoms with Gasteiger partial charge in [0.2, 0.25) is 0 Å². The fourth-order valence-electron chi connectivity index (χ4n) is 5.21. The van der Waals surface area contributed by atoms with Crippen LogP contribution in [0.5, 0.6) is 5.75 Å². The minimum Gasteiger partial charge on any atom is -0.494 e. The molecular formula is C34H39F3N2O2. The standard InChI is InChI=1S/C34H39F3N2O2/c1-3-41-32-24-25(2)6-17-31(32)28-18-22-39(23-19-28)21-5-4-20-38-33(40)29-13-9-26(10-14-29)7-8-27-11-15-30(16-12-27)34(35,36)37/h6-17,24,28H,3-5,18-23H2,1-2H3,(H,38,40). The smallest absolute Gasteiger partial charge is 0.416 e. The fourth-order valence-corrected chi connectivity index (χ4v) is 5.21. The number of nitrogens with one attached hydrogen (secondary N) is 1. The van der Waals surface area contributed by atoms with Crippen LogP contribution in [0.15, 0.2) is 66.7 Å². The molecule has 0 aromatic heterocycles. The van der Waals surface area contributed by atoms with E-state index in [0.29, 0.717) is 30.2 Å². The lowest BCUT2D eigenvalue weighted by Crippen LogP contribution is -2.34. The number of ether oxygens (including phenoxy) is 1. The first kappa shape index (κ1) is 30.4. The number of benzene rings is 3. The Hall–Kier alpha value is -3.58. The minimum absolute atomic E-state index is 0.104. The van der Waals surface area contributed by atoms with Gasteiger partial charge in [0.05, 0.1) is 12.2 Å². The van der Waals surface area contributed by atoms with E-state index in [4.69, 9.17) is 4.74 Å². The van der Waals surface area contributed by atoms with Crippen LogP contribution >= 0.6 is 0 Å². The number of piperidine rings is 1. The van der Waals surface area contributed by atoms with Gasteiger partial charge in [0.25, 0.3) is 5.91 Å². The molecule has 0 bridgehead atoms. The molecule has 3 aromatic carbocycles. The molecule has 218 valence electrons. The van der Waals surface area contributed by atoms with E-state index in [0.717, 1.165) is 68.8 Å². The quantitative estimate of drug-likeness (QED) is 0.190. The maximum absolute atomic E-state index is 12.7. The highest BCUT2D eigenvalue weighted by Gasteiger charge is 2.29. The van der Waals surface area contributed by atoms with E-state index in [1.165, 1.54) is 23.3 Å². The molecule has 1 amide bonds. The van der Waals surface area contributed by atoms with E-state index in [9.17, 15) is 18.0 Å². The van der Waals surface area contributed by atoms with E-state index in [2.05, 4.69) is 35.3 Å². The molecule has 0 radical (unpaired) electrons. The van der Waals surface area contributed by atoms with Gasteiger partial charge in [-0.25, -0.2) is 0 Å². The first-order valence-corrected chi connectivity index (χ1v) is 14.4. The molecule has 0 aliphatic carbocycles. The second-order valence-electron chi connectivity index (χ2n) is 10.6. The largest absolute Gasteiger partial charge is 0.494 e. The Morgan fingerprint density at radius 2 is 1.59 bits per heavy atom. The van der Waals surface area contributed by atoms with Crippen molar-refractivity contribution in [3.63, 3.8) is 0 Å². The summed E-state index contributed by atoms with van der Waals surface area (Å²) in [6, 6.07) is 18.8. The van der Waals surface area contributed by atoms with Crippen molar-refractivity contribution in [1.82, 2.24) is 10.2 Å². The van der Waals surface area contributed by atoms with Crippen LogP contribution < -0.4 is 10.1 Å². The highest BCUT2D eigenvalue weighted by Crippen LogP contribution is 2.35. The molecule has 1 N–H and O–H groups in total. The number of alkyl halides is 3. The summed E-state index contributed by atoms with van der Waals surface area (Å²) in [6.07, 6.45) is 3.45. The van der Waals surface area contributed by atoms with Gasteiger partial charge in [0.15, 0.2) is 0 Å². The van der Waals surface area contributed by atoms with Crippen LogP contribution in [0.3, 0.4) is 0 Å². The van der Waals surface area contributed by atoms with Gasteiger partial charge in [-0.2, -0.15) is 13.2 Å². The number of hydrogen-bond acceptors (Lipinski definition) is 3. The molecule has 1 fully saturated rings. The molecule has 0 atom stereocenters. The molecule has 3 aromatic rings. The third-order valence-electron chi connectivity index (χ3n) is 7.56. The monoisotopic (exact) mass is 564 g/mol. The molecule has 7 heteroatoms. The predicted molar refractivity (Wildman–Crippen MR) is 159 cm³/mol. The van der Waals surface area contributed by atoms with Gasteiger partial charge in [-0.1, -0.05) is 48.6 Å². The molecule has 1 saturated heterocycles. The van der Waals surface area contributed by atoms with Crippen LogP contribution in [0.4, 0.5) is 13.2 Å². The third kappa shape index (κ3) is 8.95. The Kier molecular flexibility index (Phi) is 10.6. The summed E-state index contributed by atoms with van der Waals surface area (Å²) in [7, 11) is 0. The van der Waals surface area contributed by atoms with Gasteiger partial charge in [-0.15, -0.1) is 0 Å². The van der Waals surface area contributed by atoms with Crippen LogP contribution in [0, 0.1) is 6.92 Å². The van der Waals surface area contributed by atoms with Crippen molar-refractivity contribution in [1.29, 1.82) is 0 Å². The normalized spacial score (nSPS) is 14.9. The minimum atomic E-state index is -4.34. The summed E-state index contributed by atoms with van der Waals surface area (Å²) in [5.74, 6) is 1.47. The molecule has 0 spiro atoms. The average Bonchev–Trinajstić information content (AvgIpc) is 2.96. The van der Waals surface area contributed by atoms with Crippen LogP contribution in [0.25, 0.3) is 12.2 Å². The predicted octanol–water partition coefficient (Wildman–Crippen LogP) is 7.97. The van der Waals surface area contributed by atoms with Crippen molar-refractivity contribution < 1.29 is 22.7 Å². The molecule has 0 saturated carbocycles. The van der Waals surface area contributed by atoms with Crippen LogP contribution in [-0.2, 0) is 6.18 Å². The number of carbonyl (C=O) groups excluding carboxylic acids is 1. The molecule has 4 nitrogen and oxygen atoms in total. The molecule has 1 aliphatic heterocycles. The second-order valence-corrected chi connectivity index (χ2v) is 10.6. The van der Waals surface area contributed by atoms with E-state index in [1.54, 1.807) is 18.2 Å². The Labute approximate surface area is 241 Å². The van der Waals surface area contributed by atoms with Crippen LogP contribution in [-0.4, -0.2) is 43.6 Å². The number of amides is 1. The maximum atomic E-state index is 12.7. The molecular weight excluding hydrogens is 525 g/mol. The Morgan fingerprint density at radius 1 is 0.951 bits per heavy atom. The van der Waals surface area contributed by atoms with Gasteiger partial charge in [-0.3, -0.25) is 4.79 Å². The number of aryl methyl sites for hydroxylation is 1. The van der Waals surface area contributed by atoms with Crippen molar-refractivity contribution in [2.75, 3.05) is 32.8 Å². The molecule has 1 aliphatic rings. The van der Waals surface area contributed by atoms with Crippen molar-refractivity contribution in [3.05, 3.63) is 100 Å². The van der Waals surface area contributed by atoms with E-state index >= 15 is 0 Å². The lowest BCUT2D eigenvalue weighted by atomic mass is 9.88. The topological polar surface area (TPSA) is 41.6 Å². The summed E-state index contributed by atoms with van der Waals surface area (Å²) < 4.78 is 44.0. The summed E-state index contributed by atoms with van der Waals surface area (Å²) in [4.78, 5) is 15.1. The van der Waals surface area contributed by atoms with Gasteiger partial charge >= 0.3 is 6.18 Å². The Balaban J connectivity index is 1.14.